The molecule has 490 valence electrons. The Kier molecular flexibility index (Phi) is 12.4. The van der Waals surface area contributed by atoms with E-state index in [1.165, 1.54) is 103 Å². The molecule has 23 rings (SSSR count). The summed E-state index contributed by atoms with van der Waals surface area (Å²) >= 11 is 0. The van der Waals surface area contributed by atoms with Crippen molar-refractivity contribution in [1.82, 2.24) is 47.8 Å². The van der Waals surface area contributed by atoms with E-state index in [2.05, 4.69) is 279 Å². The van der Waals surface area contributed by atoms with E-state index in [-0.39, 0.29) is 0 Å². The van der Waals surface area contributed by atoms with Gasteiger partial charge in [-0.05, 0) is 125 Å². The highest BCUT2D eigenvalue weighted by atomic mass is 15.1. The molecule has 10 heteroatoms. The maximum absolute atomic E-state index is 5.28. The van der Waals surface area contributed by atoms with E-state index in [1.54, 1.807) is 0 Å². The second-order valence-electron chi connectivity index (χ2n) is 27.7. The molecule has 0 radical (unpaired) electrons. The van der Waals surface area contributed by atoms with Crippen LogP contribution in [0.2, 0.25) is 0 Å². The van der Waals surface area contributed by atoms with Gasteiger partial charge in [-0.3, -0.25) is 0 Å². The minimum Gasteiger partial charge on any atom is -0.309 e. The van der Waals surface area contributed by atoms with Crippen LogP contribution in [0.4, 0.5) is 0 Å². The topological polar surface area (TPSA) is 96.0 Å². The van der Waals surface area contributed by atoms with Crippen LogP contribution in [0.5, 0.6) is 0 Å². The number of fused-ring (bicyclic) bond motifs is 19. The van der Waals surface area contributed by atoms with Crippen LogP contribution in [0.3, 0.4) is 0 Å². The van der Waals surface area contributed by atoms with Crippen LogP contribution in [-0.2, 0) is 0 Å². The van der Waals surface area contributed by atoms with Crippen LogP contribution in [0.15, 0.2) is 340 Å². The van der Waals surface area contributed by atoms with Gasteiger partial charge in [-0.1, -0.05) is 237 Å². The van der Waals surface area contributed by atoms with Crippen molar-refractivity contribution in [2.24, 2.45) is 0 Å². The minimum atomic E-state index is 0.601. The number of aromatic nitrogens is 10. The lowest BCUT2D eigenvalue weighted by atomic mass is 9.97. The van der Waals surface area contributed by atoms with Crippen molar-refractivity contribution in [2.75, 3.05) is 0 Å². The summed E-state index contributed by atoms with van der Waals surface area (Å²) in [5, 5.41) is 14.7. The Hall–Kier alpha value is -14.5. The third-order valence-electron chi connectivity index (χ3n) is 21.9. The molecule has 15 aromatic carbocycles. The molecule has 0 unspecified atom stereocenters. The van der Waals surface area contributed by atoms with Gasteiger partial charge >= 0.3 is 0 Å². The number of para-hydroxylation sites is 5. The van der Waals surface area contributed by atoms with E-state index in [0.29, 0.717) is 34.9 Å². The maximum Gasteiger partial charge on any atom is 0.164 e. The molecule has 0 atom stereocenters. The molecule has 8 heterocycles. The molecule has 0 aliphatic rings. The number of benzene rings is 15. The number of nitrogens with zero attached hydrogens (tertiary/aromatic N) is 10. The second kappa shape index (κ2) is 22.5. The summed E-state index contributed by atoms with van der Waals surface area (Å²) in [7, 11) is 0. The maximum atomic E-state index is 5.28. The first kappa shape index (κ1) is 58.2. The van der Waals surface area contributed by atoms with Crippen molar-refractivity contribution < 1.29 is 0 Å². The summed E-state index contributed by atoms with van der Waals surface area (Å²) in [6, 6.07) is 122. The molecule has 0 fully saturated rings. The van der Waals surface area contributed by atoms with E-state index in [9.17, 15) is 0 Å². The number of hydrogen-bond acceptors (Lipinski definition) is 6. The highest BCUT2D eigenvalue weighted by molar-refractivity contribution is 6.34. The van der Waals surface area contributed by atoms with Crippen molar-refractivity contribution in [1.29, 1.82) is 0 Å². The SMILES string of the molecule is c1ccc(-c2nc(-c3ccc(-c4ccc5c(c4)c4ccccc4n5-c4cc5c6ccccc6n6c7ccccc7c(c4)c56)cc3)nc(-c3ccc(-c4cc5c6ccccc6n6c7ccc8c(c9ccccc9n8-c8ccc(-c9nc(-c%10ccccc%10)nc(-c%10ccccc%10)n9)cc8)c7c(c4)c56)cc3)n2)cc1. The smallest absolute Gasteiger partial charge is 0.164 e. The van der Waals surface area contributed by atoms with Gasteiger partial charge in [0, 0.05) is 109 Å². The van der Waals surface area contributed by atoms with E-state index in [1.807, 2.05) is 78.9 Å². The first-order chi connectivity index (χ1) is 52.5. The molecule has 0 spiro atoms. The largest absolute Gasteiger partial charge is 0.309 e. The van der Waals surface area contributed by atoms with Crippen molar-refractivity contribution in [3.05, 3.63) is 340 Å². The zero-order valence-electron chi connectivity index (χ0n) is 56.8. The van der Waals surface area contributed by atoms with E-state index in [0.717, 1.165) is 83.6 Å². The lowest BCUT2D eigenvalue weighted by Crippen LogP contribution is -2.00. The molecule has 106 heavy (non-hydrogen) atoms. The molecular weight excluding hydrogens is 1290 g/mol. The molecule has 0 amide bonds. The molecule has 0 N–H and O–H groups in total. The first-order valence-electron chi connectivity index (χ1n) is 35.9. The summed E-state index contributed by atoms with van der Waals surface area (Å²) in [6.45, 7) is 0. The Balaban J connectivity index is 0.605. The van der Waals surface area contributed by atoms with Crippen LogP contribution >= 0.6 is 0 Å². The summed E-state index contributed by atoms with van der Waals surface area (Å²) in [6.07, 6.45) is 0. The molecule has 10 nitrogen and oxygen atoms in total. The van der Waals surface area contributed by atoms with Gasteiger partial charge in [0.1, 0.15) is 0 Å². The molecule has 0 saturated heterocycles. The Morgan fingerprint density at radius 2 is 0.453 bits per heavy atom. The van der Waals surface area contributed by atoms with Gasteiger partial charge < -0.3 is 17.9 Å². The molecule has 0 aliphatic carbocycles. The van der Waals surface area contributed by atoms with E-state index < -0.39 is 0 Å². The fraction of sp³-hybridized carbons (Fsp3) is 0. The van der Waals surface area contributed by atoms with Crippen LogP contribution in [0.25, 0.3) is 222 Å². The first-order valence-corrected chi connectivity index (χ1v) is 35.9. The molecule has 8 aromatic heterocycles. The molecule has 23 aromatic rings. The molecule has 0 bridgehead atoms. The van der Waals surface area contributed by atoms with Gasteiger partial charge in [-0.2, -0.15) is 0 Å². The average Bonchev–Trinajstić information content (AvgIpc) is 1.50. The van der Waals surface area contributed by atoms with Gasteiger partial charge in [0.25, 0.3) is 0 Å². The van der Waals surface area contributed by atoms with Gasteiger partial charge in [-0.25, -0.2) is 29.9 Å². The van der Waals surface area contributed by atoms with Crippen LogP contribution in [-0.4, -0.2) is 47.8 Å². The summed E-state index contributed by atoms with van der Waals surface area (Å²) in [4.78, 5) is 30.7. The lowest BCUT2D eigenvalue weighted by molar-refractivity contribution is 1.07. The predicted octanol–water partition coefficient (Wildman–Crippen LogP) is 23.9. The van der Waals surface area contributed by atoms with E-state index in [4.69, 9.17) is 29.9 Å². The van der Waals surface area contributed by atoms with Crippen molar-refractivity contribution >= 4 is 120 Å². The summed E-state index contributed by atoms with van der Waals surface area (Å²) < 4.78 is 9.78. The predicted molar refractivity (Wildman–Crippen MR) is 435 cm³/mol. The zero-order valence-corrected chi connectivity index (χ0v) is 56.8. The quantitative estimate of drug-likeness (QED) is 0.135. The fourth-order valence-electron chi connectivity index (χ4n) is 17.2. The third kappa shape index (κ3) is 8.67. The number of rotatable bonds is 10. The lowest BCUT2D eigenvalue weighted by Gasteiger charge is -2.11. The van der Waals surface area contributed by atoms with Crippen molar-refractivity contribution in [3.63, 3.8) is 0 Å². The summed E-state index contributed by atoms with van der Waals surface area (Å²) in [5.41, 5.74) is 24.0. The average molecular weight is 1350 g/mol. The van der Waals surface area contributed by atoms with Crippen LogP contribution < -0.4 is 0 Å². The van der Waals surface area contributed by atoms with E-state index >= 15 is 0 Å². The Labute approximate surface area is 605 Å². The molecule has 0 aliphatic heterocycles. The molecular formula is C96H56N10. The van der Waals surface area contributed by atoms with Crippen molar-refractivity contribution in [3.8, 4) is 102 Å². The van der Waals surface area contributed by atoms with Gasteiger partial charge in [0.15, 0.2) is 34.9 Å². The van der Waals surface area contributed by atoms with Crippen LogP contribution in [0.1, 0.15) is 0 Å². The normalized spacial score (nSPS) is 12.2. The van der Waals surface area contributed by atoms with Gasteiger partial charge in [-0.15, -0.1) is 0 Å². The van der Waals surface area contributed by atoms with Gasteiger partial charge in [0.2, 0.25) is 0 Å². The third-order valence-corrected chi connectivity index (χ3v) is 21.9. The van der Waals surface area contributed by atoms with Gasteiger partial charge in [0.05, 0.1) is 55.2 Å². The Morgan fingerprint density at radius 3 is 0.943 bits per heavy atom. The van der Waals surface area contributed by atoms with Crippen molar-refractivity contribution in [2.45, 2.75) is 0 Å². The summed E-state index contributed by atoms with van der Waals surface area (Å²) in [5.74, 6) is 3.70. The molecule has 0 saturated carbocycles. The Bertz CT molecular complexity index is 7380. The van der Waals surface area contributed by atoms with Crippen LogP contribution in [0, 0.1) is 0 Å². The standard InChI is InChI=1S/C96H56N10/c1-4-20-59(21-5-1)91-97-92(60-22-6-2-7-23-60)101-96(100-91)64-44-47-67(48-45-64)103-83-35-19-14-30-73(83)87-85(103)50-51-86-88(87)78-54-66(53-75-70-27-11-18-34-82(70)106(86)90(75)78)58-38-42-63(43-39-58)95-99-93(61-24-8-3-9-25-61)98-94(102-95)62-40-36-57(37-41-62)65-46-49-84-74(52-65)69-26-10-15-31-79(69)104(84)68-55-76-71-28-12-16-32-80(71)105-81-33-17-13-29-72(81)77(56-68)89(76)105/h1-56H. The Morgan fingerprint density at radius 1 is 0.160 bits per heavy atom. The monoisotopic (exact) mass is 1350 g/mol. The fourth-order valence-corrected chi connectivity index (χ4v) is 17.2. The highest BCUT2D eigenvalue weighted by Gasteiger charge is 2.26. The minimum absolute atomic E-state index is 0.601. The second-order valence-corrected chi connectivity index (χ2v) is 27.7. The zero-order chi connectivity index (χ0) is 69.2. The highest BCUT2D eigenvalue weighted by Crippen LogP contribution is 2.48. The number of hydrogen-bond donors (Lipinski definition) is 0.